The number of benzene rings is 1. The number of aromatic nitrogens is 1. The van der Waals surface area contributed by atoms with Crippen LogP contribution in [0, 0.1) is 12.8 Å². The number of ether oxygens (including phenoxy) is 2. The highest BCUT2D eigenvalue weighted by molar-refractivity contribution is 6.01. The maximum atomic E-state index is 12.8. The average Bonchev–Trinajstić information content (AvgIpc) is 3.21. The van der Waals surface area contributed by atoms with Crippen LogP contribution in [0.15, 0.2) is 28.8 Å². The van der Waals surface area contributed by atoms with Crippen molar-refractivity contribution in [3.8, 4) is 0 Å². The molecule has 0 radical (unpaired) electrons. The average molecular weight is 459 g/mol. The highest BCUT2D eigenvalue weighted by Crippen LogP contribution is 2.35. The van der Waals surface area contributed by atoms with E-state index in [4.69, 9.17) is 14.0 Å². The zero-order valence-electron chi connectivity index (χ0n) is 20.0. The molecule has 180 valence electrons. The molecule has 3 rings (SSSR count). The van der Waals surface area contributed by atoms with Gasteiger partial charge >= 0.3 is 12.0 Å². The molecule has 0 bridgehead atoms. The largest absolute Gasteiger partial charge is 0.469 e. The summed E-state index contributed by atoms with van der Waals surface area (Å²) in [5.41, 5.74) is 2.55. The molecule has 2 heterocycles. The van der Waals surface area contributed by atoms with Crippen LogP contribution in [0.1, 0.15) is 50.9 Å². The van der Waals surface area contributed by atoms with Gasteiger partial charge in [-0.25, -0.2) is 4.79 Å². The maximum absolute atomic E-state index is 12.8. The quantitative estimate of drug-likeness (QED) is 0.559. The minimum atomic E-state index is -0.419. The van der Waals surface area contributed by atoms with Gasteiger partial charge in [0.25, 0.3) is 0 Å². The fraction of sp³-hybridized carbons (Fsp3) is 0.542. The third kappa shape index (κ3) is 6.25. The lowest BCUT2D eigenvalue weighted by Crippen LogP contribution is -2.48. The van der Waals surface area contributed by atoms with E-state index in [9.17, 15) is 9.59 Å². The van der Waals surface area contributed by atoms with Crippen molar-refractivity contribution in [2.75, 3.05) is 42.4 Å². The first-order valence-corrected chi connectivity index (χ1v) is 11.4. The van der Waals surface area contributed by atoms with Gasteiger partial charge in [0.05, 0.1) is 44.2 Å². The van der Waals surface area contributed by atoms with Gasteiger partial charge < -0.3 is 24.2 Å². The Morgan fingerprint density at radius 3 is 2.70 bits per heavy atom. The second-order valence-corrected chi connectivity index (χ2v) is 8.64. The number of carbonyl (C=O) groups excluding carboxylic acids is 2. The number of rotatable bonds is 8. The van der Waals surface area contributed by atoms with E-state index in [1.54, 1.807) is 13.0 Å². The zero-order valence-corrected chi connectivity index (χ0v) is 20.0. The second-order valence-electron chi connectivity index (χ2n) is 8.64. The van der Waals surface area contributed by atoms with Crippen molar-refractivity contribution in [2.24, 2.45) is 5.92 Å². The summed E-state index contributed by atoms with van der Waals surface area (Å²) in [6, 6.07) is 7.42. The first kappa shape index (κ1) is 24.6. The highest BCUT2D eigenvalue weighted by atomic mass is 16.5. The molecule has 0 aliphatic carbocycles. The molecule has 9 heteroatoms. The smallest absolute Gasteiger partial charge is 0.325 e. The van der Waals surface area contributed by atoms with E-state index in [0.29, 0.717) is 36.4 Å². The van der Waals surface area contributed by atoms with Gasteiger partial charge in [0, 0.05) is 12.6 Å². The molecule has 33 heavy (non-hydrogen) atoms. The Bertz CT molecular complexity index is 958. The van der Waals surface area contributed by atoms with Crippen LogP contribution in [0.4, 0.5) is 22.0 Å². The van der Waals surface area contributed by atoms with Gasteiger partial charge in [0.15, 0.2) is 5.82 Å². The molecule has 1 aliphatic heterocycles. The molecule has 1 aliphatic rings. The number of hydrogen-bond acceptors (Lipinski definition) is 7. The van der Waals surface area contributed by atoms with E-state index in [0.717, 1.165) is 24.2 Å². The number of methoxy groups -OCH3 is 1. The van der Waals surface area contributed by atoms with Crippen LogP contribution in [-0.4, -0.2) is 50.1 Å². The van der Waals surface area contributed by atoms with Crippen molar-refractivity contribution < 1.29 is 23.6 Å². The van der Waals surface area contributed by atoms with E-state index >= 15 is 0 Å². The summed E-state index contributed by atoms with van der Waals surface area (Å²) in [6.45, 7) is 10.1. The van der Waals surface area contributed by atoms with Crippen LogP contribution in [0.3, 0.4) is 0 Å². The summed E-state index contributed by atoms with van der Waals surface area (Å²) in [5, 5.41) is 9.51. The standard InChI is InChI=1S/C24H34N4O5/c1-6-17(13-23(29)31-5)18-7-8-20(28-9-10-32-14-21(28)15(2)3)19(12-18)25-24(30)26-22-11-16(4)33-27-22/h7-8,11-12,15,17,21H,6,9-10,13-14H2,1-5H3,(H2,25,26,27,30)/t17?,21-/m0/s1. The maximum Gasteiger partial charge on any atom is 0.325 e. The molecule has 1 fully saturated rings. The van der Waals surface area contributed by atoms with Gasteiger partial charge in [-0.15, -0.1) is 0 Å². The second kappa shape index (κ2) is 11.2. The van der Waals surface area contributed by atoms with Crippen molar-refractivity contribution >= 4 is 29.2 Å². The van der Waals surface area contributed by atoms with Crippen molar-refractivity contribution in [3.05, 3.63) is 35.6 Å². The Hall–Kier alpha value is -3.07. The Morgan fingerprint density at radius 2 is 2.06 bits per heavy atom. The Balaban J connectivity index is 1.93. The molecular weight excluding hydrogens is 424 g/mol. The lowest BCUT2D eigenvalue weighted by atomic mass is 9.92. The van der Waals surface area contributed by atoms with Crippen molar-refractivity contribution in [1.82, 2.24) is 5.16 Å². The van der Waals surface area contributed by atoms with E-state index in [2.05, 4.69) is 34.5 Å². The van der Waals surface area contributed by atoms with E-state index < -0.39 is 6.03 Å². The van der Waals surface area contributed by atoms with Crippen LogP contribution >= 0.6 is 0 Å². The van der Waals surface area contributed by atoms with Gasteiger partial charge in [0.2, 0.25) is 0 Å². The fourth-order valence-corrected chi connectivity index (χ4v) is 4.11. The van der Waals surface area contributed by atoms with Crippen LogP contribution < -0.4 is 15.5 Å². The SMILES string of the molecule is CCC(CC(=O)OC)c1ccc(N2CCOC[C@H]2C(C)C)c(NC(=O)Nc2cc(C)on2)c1. The third-order valence-corrected chi connectivity index (χ3v) is 5.99. The molecule has 1 saturated heterocycles. The van der Waals surface area contributed by atoms with Gasteiger partial charge in [0.1, 0.15) is 5.76 Å². The number of urea groups is 1. The summed E-state index contributed by atoms with van der Waals surface area (Å²) < 4.78 is 15.6. The number of nitrogens with zero attached hydrogens (tertiary/aromatic N) is 2. The first-order chi connectivity index (χ1) is 15.8. The monoisotopic (exact) mass is 458 g/mol. The van der Waals surface area contributed by atoms with Gasteiger partial charge in [-0.1, -0.05) is 32.0 Å². The van der Waals surface area contributed by atoms with Crippen molar-refractivity contribution in [1.29, 1.82) is 0 Å². The summed E-state index contributed by atoms with van der Waals surface area (Å²) >= 11 is 0. The molecule has 0 saturated carbocycles. The number of nitrogens with one attached hydrogen (secondary N) is 2. The molecular formula is C24H34N4O5. The minimum absolute atomic E-state index is 0.0149. The van der Waals surface area contributed by atoms with Gasteiger partial charge in [-0.3, -0.25) is 10.1 Å². The lowest BCUT2D eigenvalue weighted by molar-refractivity contribution is -0.141. The normalized spacial score (nSPS) is 17.0. The Labute approximate surface area is 194 Å². The first-order valence-electron chi connectivity index (χ1n) is 11.4. The topological polar surface area (TPSA) is 106 Å². The number of aryl methyl sites for hydroxylation is 1. The van der Waals surface area contributed by atoms with E-state index in [1.165, 1.54) is 7.11 Å². The van der Waals surface area contributed by atoms with E-state index in [1.807, 2.05) is 25.1 Å². The number of anilines is 3. The van der Waals surface area contributed by atoms with Crippen molar-refractivity contribution in [3.63, 3.8) is 0 Å². The number of carbonyl (C=O) groups is 2. The predicted octanol–water partition coefficient (Wildman–Crippen LogP) is 4.54. The third-order valence-electron chi connectivity index (χ3n) is 5.99. The summed E-state index contributed by atoms with van der Waals surface area (Å²) in [7, 11) is 1.39. The molecule has 1 aromatic carbocycles. The van der Waals surface area contributed by atoms with E-state index in [-0.39, 0.29) is 24.3 Å². The van der Waals surface area contributed by atoms with Gasteiger partial charge in [-0.05, 0) is 42.9 Å². The Morgan fingerprint density at radius 1 is 1.27 bits per heavy atom. The molecule has 2 amide bonds. The molecule has 1 unspecified atom stereocenters. The Kier molecular flexibility index (Phi) is 8.32. The summed E-state index contributed by atoms with van der Waals surface area (Å²) in [5.74, 6) is 1.04. The molecule has 9 nitrogen and oxygen atoms in total. The lowest BCUT2D eigenvalue weighted by Gasteiger charge is -2.40. The number of amides is 2. The highest BCUT2D eigenvalue weighted by Gasteiger charge is 2.28. The minimum Gasteiger partial charge on any atom is -0.469 e. The predicted molar refractivity (Wildman–Crippen MR) is 127 cm³/mol. The summed E-state index contributed by atoms with van der Waals surface area (Å²) in [4.78, 5) is 27.0. The van der Waals surface area contributed by atoms with Crippen LogP contribution in [0.25, 0.3) is 0 Å². The summed E-state index contributed by atoms with van der Waals surface area (Å²) in [6.07, 6.45) is 1.05. The van der Waals surface area contributed by atoms with Crippen LogP contribution in [-0.2, 0) is 14.3 Å². The number of hydrogen-bond donors (Lipinski definition) is 2. The van der Waals surface area contributed by atoms with Gasteiger partial charge in [-0.2, -0.15) is 0 Å². The number of esters is 1. The fourth-order valence-electron chi connectivity index (χ4n) is 4.11. The number of morpholine rings is 1. The van der Waals surface area contributed by atoms with Crippen LogP contribution in [0.2, 0.25) is 0 Å². The molecule has 2 N–H and O–H groups in total. The molecule has 0 spiro atoms. The van der Waals surface area contributed by atoms with Crippen LogP contribution in [0.5, 0.6) is 0 Å². The molecule has 2 aromatic rings. The van der Waals surface area contributed by atoms with Crippen molar-refractivity contribution in [2.45, 2.75) is 52.5 Å². The zero-order chi connectivity index (χ0) is 24.0. The molecule has 1 aromatic heterocycles. The molecule has 2 atom stereocenters.